The Kier molecular flexibility index (Phi) is 4.69. The highest BCUT2D eigenvalue weighted by Gasteiger charge is 2.21. The number of Topliss-reactive ketones (excluding diaryl/α,β-unsaturated/α-hetero) is 1. The molecule has 0 saturated carbocycles. The molecule has 1 rings (SSSR count). The zero-order valence-corrected chi connectivity index (χ0v) is 12.4. The second kappa shape index (κ2) is 5.66. The van der Waals surface area contributed by atoms with Gasteiger partial charge < -0.3 is 4.74 Å². The molecule has 0 spiro atoms. The number of rotatable bonds is 5. The molecule has 2 heteroatoms. The SMILES string of the molecule is COC(C)(C)CC(=O)Cc1c(C)cc(C)cc1C. The van der Waals surface area contributed by atoms with Gasteiger partial charge in [0.2, 0.25) is 0 Å². The Labute approximate surface area is 110 Å². The number of benzene rings is 1. The summed E-state index contributed by atoms with van der Waals surface area (Å²) in [7, 11) is 1.65. The molecule has 0 amide bonds. The fourth-order valence-electron chi connectivity index (χ4n) is 2.30. The zero-order chi connectivity index (χ0) is 13.9. The first kappa shape index (κ1) is 14.9. The van der Waals surface area contributed by atoms with Crippen LogP contribution in [0.25, 0.3) is 0 Å². The molecular weight excluding hydrogens is 224 g/mol. The average molecular weight is 248 g/mol. The van der Waals surface area contributed by atoms with Gasteiger partial charge in [-0.2, -0.15) is 0 Å². The van der Waals surface area contributed by atoms with Gasteiger partial charge in [-0.1, -0.05) is 17.7 Å². The van der Waals surface area contributed by atoms with Crippen LogP contribution in [0.15, 0.2) is 12.1 Å². The van der Waals surface area contributed by atoms with Crippen LogP contribution in [0.5, 0.6) is 0 Å². The van der Waals surface area contributed by atoms with Crippen molar-refractivity contribution in [1.29, 1.82) is 0 Å². The Hall–Kier alpha value is -1.15. The fraction of sp³-hybridized carbons (Fsp3) is 0.562. The third-order valence-electron chi connectivity index (χ3n) is 3.39. The molecule has 0 radical (unpaired) electrons. The van der Waals surface area contributed by atoms with Crippen LogP contribution in [0.1, 0.15) is 42.5 Å². The van der Waals surface area contributed by atoms with Crippen LogP contribution in [0, 0.1) is 20.8 Å². The van der Waals surface area contributed by atoms with Crippen molar-refractivity contribution in [3.05, 3.63) is 34.4 Å². The van der Waals surface area contributed by atoms with E-state index in [1.165, 1.54) is 16.7 Å². The lowest BCUT2D eigenvalue weighted by Crippen LogP contribution is -2.27. The van der Waals surface area contributed by atoms with E-state index < -0.39 is 0 Å². The zero-order valence-electron chi connectivity index (χ0n) is 12.4. The van der Waals surface area contributed by atoms with Gasteiger partial charge in [0.1, 0.15) is 5.78 Å². The Morgan fingerprint density at radius 1 is 1.17 bits per heavy atom. The second-order valence-corrected chi connectivity index (χ2v) is 5.73. The number of methoxy groups -OCH3 is 1. The molecule has 18 heavy (non-hydrogen) atoms. The van der Waals surface area contributed by atoms with Gasteiger partial charge in [-0.3, -0.25) is 4.79 Å². The van der Waals surface area contributed by atoms with Crippen LogP contribution >= 0.6 is 0 Å². The van der Waals surface area contributed by atoms with Crippen molar-refractivity contribution in [3.8, 4) is 0 Å². The minimum Gasteiger partial charge on any atom is -0.378 e. The second-order valence-electron chi connectivity index (χ2n) is 5.73. The molecule has 1 aromatic carbocycles. The van der Waals surface area contributed by atoms with Gasteiger partial charge >= 0.3 is 0 Å². The summed E-state index contributed by atoms with van der Waals surface area (Å²) in [5, 5.41) is 0. The lowest BCUT2D eigenvalue weighted by atomic mass is 9.92. The van der Waals surface area contributed by atoms with Crippen molar-refractivity contribution in [2.75, 3.05) is 7.11 Å². The maximum absolute atomic E-state index is 12.1. The van der Waals surface area contributed by atoms with E-state index in [0.717, 1.165) is 5.56 Å². The summed E-state index contributed by atoms with van der Waals surface area (Å²) >= 11 is 0. The van der Waals surface area contributed by atoms with E-state index in [0.29, 0.717) is 12.8 Å². The van der Waals surface area contributed by atoms with E-state index in [1.807, 2.05) is 13.8 Å². The molecule has 0 N–H and O–H groups in total. The number of carbonyl (C=O) groups excluding carboxylic acids is 1. The van der Waals surface area contributed by atoms with Crippen molar-refractivity contribution in [1.82, 2.24) is 0 Å². The van der Waals surface area contributed by atoms with E-state index in [1.54, 1.807) is 7.11 Å². The summed E-state index contributed by atoms with van der Waals surface area (Å²) in [6.45, 7) is 10.1. The normalized spacial score (nSPS) is 11.7. The molecule has 0 saturated heterocycles. The monoisotopic (exact) mass is 248 g/mol. The molecule has 0 bridgehead atoms. The van der Waals surface area contributed by atoms with Crippen LogP contribution in [0.4, 0.5) is 0 Å². The van der Waals surface area contributed by atoms with Crippen molar-refractivity contribution < 1.29 is 9.53 Å². The lowest BCUT2D eigenvalue weighted by molar-refractivity contribution is -0.123. The Bertz CT molecular complexity index is 421. The van der Waals surface area contributed by atoms with Crippen LogP contribution in [0.3, 0.4) is 0 Å². The molecular formula is C16H24O2. The number of hydrogen-bond acceptors (Lipinski definition) is 2. The van der Waals surface area contributed by atoms with E-state index in [4.69, 9.17) is 4.74 Å². The van der Waals surface area contributed by atoms with Gasteiger partial charge in [0.15, 0.2) is 0 Å². The summed E-state index contributed by atoms with van der Waals surface area (Å²) in [6, 6.07) is 4.27. The molecule has 0 aliphatic heterocycles. The van der Waals surface area contributed by atoms with Crippen LogP contribution in [0.2, 0.25) is 0 Å². The summed E-state index contributed by atoms with van der Waals surface area (Å²) in [5.74, 6) is 0.233. The minimum atomic E-state index is -0.371. The summed E-state index contributed by atoms with van der Waals surface area (Å²) < 4.78 is 5.30. The quantitative estimate of drug-likeness (QED) is 0.796. The van der Waals surface area contributed by atoms with Gasteiger partial charge in [-0.05, 0) is 51.3 Å². The number of aryl methyl sites for hydroxylation is 3. The molecule has 0 fully saturated rings. The smallest absolute Gasteiger partial charge is 0.140 e. The lowest BCUT2D eigenvalue weighted by Gasteiger charge is -2.22. The van der Waals surface area contributed by atoms with E-state index in [2.05, 4.69) is 32.9 Å². The van der Waals surface area contributed by atoms with E-state index >= 15 is 0 Å². The molecule has 0 heterocycles. The van der Waals surface area contributed by atoms with Crippen molar-refractivity contribution in [2.24, 2.45) is 0 Å². The third-order valence-corrected chi connectivity index (χ3v) is 3.39. The number of hydrogen-bond donors (Lipinski definition) is 0. The van der Waals surface area contributed by atoms with Crippen molar-refractivity contribution in [3.63, 3.8) is 0 Å². The third kappa shape index (κ3) is 3.95. The van der Waals surface area contributed by atoms with Gasteiger partial charge in [0, 0.05) is 20.0 Å². The van der Waals surface area contributed by atoms with Crippen LogP contribution in [-0.4, -0.2) is 18.5 Å². The van der Waals surface area contributed by atoms with Crippen molar-refractivity contribution >= 4 is 5.78 Å². The molecule has 0 atom stereocenters. The van der Waals surface area contributed by atoms with E-state index in [-0.39, 0.29) is 11.4 Å². The largest absolute Gasteiger partial charge is 0.378 e. The number of ketones is 1. The molecule has 1 aromatic rings. The molecule has 0 aromatic heterocycles. The van der Waals surface area contributed by atoms with Gasteiger partial charge in [-0.25, -0.2) is 0 Å². The first-order valence-electron chi connectivity index (χ1n) is 6.39. The predicted octanol–water partition coefficient (Wildman–Crippen LogP) is 3.54. The molecule has 100 valence electrons. The summed E-state index contributed by atoms with van der Waals surface area (Å²) in [4.78, 5) is 12.1. The number of ether oxygens (including phenoxy) is 1. The summed E-state index contributed by atoms with van der Waals surface area (Å²) in [5.41, 5.74) is 4.45. The molecule has 0 aliphatic carbocycles. The average Bonchev–Trinajstić information content (AvgIpc) is 2.22. The predicted molar refractivity (Wildman–Crippen MR) is 75.1 cm³/mol. The number of carbonyl (C=O) groups is 1. The minimum absolute atomic E-state index is 0.233. The molecule has 0 aliphatic rings. The van der Waals surface area contributed by atoms with Gasteiger partial charge in [-0.15, -0.1) is 0 Å². The first-order valence-corrected chi connectivity index (χ1v) is 6.39. The van der Waals surface area contributed by atoms with Crippen LogP contribution in [-0.2, 0) is 16.0 Å². The van der Waals surface area contributed by atoms with Gasteiger partial charge in [0.25, 0.3) is 0 Å². The topological polar surface area (TPSA) is 26.3 Å². The Morgan fingerprint density at radius 2 is 1.67 bits per heavy atom. The molecule has 2 nitrogen and oxygen atoms in total. The Morgan fingerprint density at radius 3 is 2.11 bits per heavy atom. The highest BCUT2D eigenvalue weighted by atomic mass is 16.5. The van der Waals surface area contributed by atoms with Crippen molar-refractivity contribution in [2.45, 2.75) is 53.1 Å². The highest BCUT2D eigenvalue weighted by Crippen LogP contribution is 2.20. The maximum atomic E-state index is 12.1. The highest BCUT2D eigenvalue weighted by molar-refractivity contribution is 5.82. The standard InChI is InChI=1S/C16H24O2/c1-11-7-12(2)15(13(3)8-11)9-14(17)10-16(4,5)18-6/h7-8H,9-10H2,1-6H3. The van der Waals surface area contributed by atoms with Crippen LogP contribution < -0.4 is 0 Å². The first-order chi connectivity index (χ1) is 8.25. The molecule has 0 unspecified atom stereocenters. The summed E-state index contributed by atoms with van der Waals surface area (Å²) in [6.07, 6.45) is 0.959. The Balaban J connectivity index is 2.83. The van der Waals surface area contributed by atoms with Gasteiger partial charge in [0.05, 0.1) is 5.60 Å². The fourth-order valence-corrected chi connectivity index (χ4v) is 2.30. The van der Waals surface area contributed by atoms with E-state index in [9.17, 15) is 4.79 Å². The maximum Gasteiger partial charge on any atom is 0.140 e.